The summed E-state index contributed by atoms with van der Waals surface area (Å²) in [6.07, 6.45) is 2.24. The average molecular weight is 253 g/mol. The molecule has 0 heterocycles. The van der Waals surface area contributed by atoms with Crippen LogP contribution in [0.5, 0.6) is 0 Å². The van der Waals surface area contributed by atoms with Crippen LogP contribution in [-0.4, -0.2) is 23.7 Å². The number of rotatable bonds is 7. The molecule has 1 rings (SSSR count). The minimum Gasteiger partial charge on any atom is -0.396 e. The van der Waals surface area contributed by atoms with Crippen LogP contribution in [0.2, 0.25) is 0 Å². The average Bonchev–Trinajstić information content (AvgIpc) is 2.36. The number of benzene rings is 1. The van der Waals surface area contributed by atoms with E-state index in [-0.39, 0.29) is 24.4 Å². The van der Waals surface area contributed by atoms with Crippen molar-refractivity contribution in [2.45, 2.75) is 38.6 Å². The van der Waals surface area contributed by atoms with Crippen molar-refractivity contribution in [2.24, 2.45) is 0 Å². The smallest absolute Gasteiger partial charge is 0.220 e. The molecule has 3 nitrogen and oxygen atoms in total. The van der Waals surface area contributed by atoms with E-state index in [9.17, 15) is 9.18 Å². The Bertz CT molecular complexity index is 382. The molecule has 0 aliphatic heterocycles. The number of amides is 1. The molecule has 4 heteroatoms. The van der Waals surface area contributed by atoms with Crippen molar-refractivity contribution < 1.29 is 14.3 Å². The molecule has 18 heavy (non-hydrogen) atoms. The lowest BCUT2D eigenvalue weighted by Crippen LogP contribution is -2.35. The first-order chi connectivity index (χ1) is 8.65. The van der Waals surface area contributed by atoms with Crippen LogP contribution >= 0.6 is 0 Å². The summed E-state index contributed by atoms with van der Waals surface area (Å²) in [7, 11) is 0. The van der Waals surface area contributed by atoms with Crippen LogP contribution in [0.3, 0.4) is 0 Å². The molecule has 1 atom stereocenters. The lowest BCUT2D eigenvalue weighted by molar-refractivity contribution is -0.121. The Labute approximate surface area is 107 Å². The van der Waals surface area contributed by atoms with Gasteiger partial charge in [0.15, 0.2) is 0 Å². The van der Waals surface area contributed by atoms with Gasteiger partial charge in [-0.1, -0.05) is 19.1 Å². The number of aryl methyl sites for hydroxylation is 1. The Kier molecular flexibility index (Phi) is 6.36. The third-order valence-corrected chi connectivity index (χ3v) is 2.87. The SMILES string of the molecule is CCC(CCO)NC(=O)CCc1cccc(F)c1. The van der Waals surface area contributed by atoms with Gasteiger partial charge in [-0.3, -0.25) is 4.79 Å². The molecular weight excluding hydrogens is 233 g/mol. The van der Waals surface area contributed by atoms with E-state index in [4.69, 9.17) is 5.11 Å². The summed E-state index contributed by atoms with van der Waals surface area (Å²) in [5, 5.41) is 11.7. The molecule has 1 amide bonds. The molecule has 0 spiro atoms. The van der Waals surface area contributed by atoms with Gasteiger partial charge in [0.25, 0.3) is 0 Å². The number of nitrogens with one attached hydrogen (secondary N) is 1. The lowest BCUT2D eigenvalue weighted by atomic mass is 10.1. The standard InChI is InChI=1S/C14H20FNO2/c1-2-13(8-9-17)16-14(18)7-6-11-4-3-5-12(15)10-11/h3-5,10,13,17H,2,6-9H2,1H3,(H,16,18). The number of carbonyl (C=O) groups excluding carboxylic acids is 1. The van der Waals surface area contributed by atoms with Gasteiger partial charge in [-0.15, -0.1) is 0 Å². The number of carbonyl (C=O) groups is 1. The first kappa shape index (κ1) is 14.6. The van der Waals surface area contributed by atoms with Crippen molar-refractivity contribution in [3.05, 3.63) is 35.6 Å². The minimum atomic E-state index is -0.278. The molecule has 0 radical (unpaired) electrons. The molecule has 0 saturated carbocycles. The Hall–Kier alpha value is -1.42. The van der Waals surface area contributed by atoms with Gasteiger partial charge < -0.3 is 10.4 Å². The van der Waals surface area contributed by atoms with Gasteiger partial charge in [0, 0.05) is 19.1 Å². The van der Waals surface area contributed by atoms with Gasteiger partial charge in [0.2, 0.25) is 5.91 Å². The maximum absolute atomic E-state index is 12.9. The van der Waals surface area contributed by atoms with Crippen LogP contribution in [0.4, 0.5) is 4.39 Å². The van der Waals surface area contributed by atoms with E-state index in [2.05, 4.69) is 5.32 Å². The van der Waals surface area contributed by atoms with Crippen LogP contribution in [0.1, 0.15) is 31.7 Å². The van der Waals surface area contributed by atoms with E-state index in [0.29, 0.717) is 19.3 Å². The maximum Gasteiger partial charge on any atom is 0.220 e. The van der Waals surface area contributed by atoms with Crippen molar-refractivity contribution in [1.29, 1.82) is 0 Å². The highest BCUT2D eigenvalue weighted by molar-refractivity contribution is 5.76. The summed E-state index contributed by atoms with van der Waals surface area (Å²) in [6, 6.07) is 6.30. The normalized spacial score (nSPS) is 12.2. The van der Waals surface area contributed by atoms with E-state index < -0.39 is 0 Å². The topological polar surface area (TPSA) is 49.3 Å². The molecule has 1 aromatic rings. The van der Waals surface area contributed by atoms with Crippen molar-refractivity contribution in [1.82, 2.24) is 5.32 Å². The second-order valence-electron chi connectivity index (χ2n) is 4.31. The zero-order valence-electron chi connectivity index (χ0n) is 10.7. The molecule has 1 unspecified atom stereocenters. The van der Waals surface area contributed by atoms with Crippen LogP contribution in [0.25, 0.3) is 0 Å². The molecular formula is C14H20FNO2. The zero-order valence-corrected chi connectivity index (χ0v) is 10.7. The molecule has 0 aliphatic carbocycles. The fourth-order valence-corrected chi connectivity index (χ4v) is 1.78. The van der Waals surface area contributed by atoms with E-state index in [1.807, 2.05) is 6.92 Å². The minimum absolute atomic E-state index is 0.0232. The highest BCUT2D eigenvalue weighted by atomic mass is 19.1. The van der Waals surface area contributed by atoms with Crippen LogP contribution in [0.15, 0.2) is 24.3 Å². The molecule has 1 aromatic carbocycles. The monoisotopic (exact) mass is 253 g/mol. The molecule has 0 saturated heterocycles. The second-order valence-corrected chi connectivity index (χ2v) is 4.31. The molecule has 0 aromatic heterocycles. The third kappa shape index (κ3) is 5.27. The molecule has 0 fully saturated rings. The first-order valence-corrected chi connectivity index (χ1v) is 6.30. The van der Waals surface area contributed by atoms with E-state index in [0.717, 1.165) is 12.0 Å². The summed E-state index contributed by atoms with van der Waals surface area (Å²) in [5.41, 5.74) is 0.820. The number of hydrogen-bond acceptors (Lipinski definition) is 2. The number of halogens is 1. The van der Waals surface area contributed by atoms with Gasteiger partial charge in [0.05, 0.1) is 0 Å². The molecule has 0 aliphatic rings. The van der Waals surface area contributed by atoms with Gasteiger partial charge in [-0.05, 0) is 37.0 Å². The molecule has 0 bridgehead atoms. The Balaban J connectivity index is 2.36. The van der Waals surface area contributed by atoms with Crippen molar-refractivity contribution in [3.63, 3.8) is 0 Å². The zero-order chi connectivity index (χ0) is 13.4. The summed E-state index contributed by atoms with van der Waals surface area (Å²) >= 11 is 0. The number of hydrogen-bond donors (Lipinski definition) is 2. The van der Waals surface area contributed by atoms with Crippen LogP contribution in [0, 0.1) is 5.82 Å². The third-order valence-electron chi connectivity index (χ3n) is 2.87. The highest BCUT2D eigenvalue weighted by Gasteiger charge is 2.09. The predicted molar refractivity (Wildman–Crippen MR) is 68.6 cm³/mol. The number of aliphatic hydroxyl groups is 1. The van der Waals surface area contributed by atoms with Gasteiger partial charge in [-0.2, -0.15) is 0 Å². The Morgan fingerprint density at radius 2 is 2.28 bits per heavy atom. The number of aliphatic hydroxyl groups excluding tert-OH is 1. The molecule has 2 N–H and O–H groups in total. The quantitative estimate of drug-likeness (QED) is 0.781. The highest BCUT2D eigenvalue weighted by Crippen LogP contribution is 2.06. The summed E-state index contributed by atoms with van der Waals surface area (Å²) in [5.74, 6) is -0.334. The predicted octanol–water partition coefficient (Wildman–Crippen LogP) is 2.04. The van der Waals surface area contributed by atoms with Crippen LogP contribution in [-0.2, 0) is 11.2 Å². The van der Waals surface area contributed by atoms with E-state index in [1.54, 1.807) is 12.1 Å². The largest absolute Gasteiger partial charge is 0.396 e. The van der Waals surface area contributed by atoms with E-state index >= 15 is 0 Å². The van der Waals surface area contributed by atoms with E-state index in [1.165, 1.54) is 12.1 Å². The van der Waals surface area contributed by atoms with Crippen molar-refractivity contribution in [2.75, 3.05) is 6.61 Å². The summed E-state index contributed by atoms with van der Waals surface area (Å²) in [4.78, 5) is 11.7. The maximum atomic E-state index is 12.9. The Morgan fingerprint density at radius 1 is 1.50 bits per heavy atom. The summed E-state index contributed by atoms with van der Waals surface area (Å²) in [6.45, 7) is 2.04. The second kappa shape index (κ2) is 7.82. The van der Waals surface area contributed by atoms with Crippen LogP contribution < -0.4 is 5.32 Å². The van der Waals surface area contributed by atoms with Gasteiger partial charge in [0.1, 0.15) is 5.82 Å². The first-order valence-electron chi connectivity index (χ1n) is 6.30. The summed E-state index contributed by atoms with van der Waals surface area (Å²) < 4.78 is 12.9. The lowest BCUT2D eigenvalue weighted by Gasteiger charge is -2.15. The fourth-order valence-electron chi connectivity index (χ4n) is 1.78. The van der Waals surface area contributed by atoms with Gasteiger partial charge >= 0.3 is 0 Å². The molecule has 100 valence electrons. The Morgan fingerprint density at radius 3 is 2.89 bits per heavy atom. The van der Waals surface area contributed by atoms with Crippen molar-refractivity contribution in [3.8, 4) is 0 Å². The van der Waals surface area contributed by atoms with Crippen molar-refractivity contribution >= 4 is 5.91 Å². The van der Waals surface area contributed by atoms with Gasteiger partial charge in [-0.25, -0.2) is 4.39 Å². The fraction of sp³-hybridized carbons (Fsp3) is 0.500.